The van der Waals surface area contributed by atoms with E-state index in [1.54, 1.807) is 6.33 Å². The van der Waals surface area contributed by atoms with Crippen LogP contribution in [0.25, 0.3) is 0 Å². The van der Waals surface area contributed by atoms with Gasteiger partial charge in [-0.2, -0.15) is 10.2 Å². The maximum atomic E-state index is 6.29. The van der Waals surface area contributed by atoms with Gasteiger partial charge in [-0.15, -0.1) is 0 Å². The zero-order chi connectivity index (χ0) is 17.4. The number of benzene rings is 1. The lowest BCUT2D eigenvalue weighted by Gasteiger charge is -2.21. The Balaban J connectivity index is 1.62. The Morgan fingerprint density at radius 3 is 2.80 bits per heavy atom. The Labute approximate surface area is 155 Å². The SMILES string of the molecule is CCn1nc(Cc2c(Cl)cccc2Cl)nc1C1CCn2ncnc2C1. The third-order valence-corrected chi connectivity index (χ3v) is 5.33. The number of rotatable bonds is 4. The molecular weight excluding hydrogens is 359 g/mol. The van der Waals surface area contributed by atoms with E-state index < -0.39 is 0 Å². The normalized spacial score (nSPS) is 16.8. The lowest BCUT2D eigenvalue weighted by atomic mass is 9.97. The molecule has 3 heterocycles. The van der Waals surface area contributed by atoms with Crippen LogP contribution in [0.2, 0.25) is 10.0 Å². The second-order valence-electron chi connectivity index (χ2n) is 6.17. The summed E-state index contributed by atoms with van der Waals surface area (Å²) in [5, 5.41) is 10.2. The standard InChI is InChI=1S/C17H18Cl2N6/c1-2-24-17(11-6-7-25-16(8-11)20-10-21-25)22-15(23-24)9-12-13(18)4-3-5-14(12)19/h3-5,10-11H,2,6-9H2,1H3. The first-order valence-corrected chi connectivity index (χ1v) is 9.14. The molecule has 0 amide bonds. The van der Waals surface area contributed by atoms with Crippen LogP contribution in [0, 0.1) is 0 Å². The van der Waals surface area contributed by atoms with Gasteiger partial charge in [0, 0.05) is 41.9 Å². The molecule has 2 aromatic heterocycles. The van der Waals surface area contributed by atoms with Gasteiger partial charge in [-0.25, -0.2) is 14.6 Å². The lowest BCUT2D eigenvalue weighted by molar-refractivity contribution is 0.407. The average molecular weight is 377 g/mol. The average Bonchev–Trinajstić information content (AvgIpc) is 3.24. The number of hydrogen-bond donors (Lipinski definition) is 0. The summed E-state index contributed by atoms with van der Waals surface area (Å²) in [5.41, 5.74) is 0.869. The first kappa shape index (κ1) is 16.5. The van der Waals surface area contributed by atoms with Gasteiger partial charge in [0.15, 0.2) is 5.82 Å². The molecule has 3 aromatic rings. The first-order valence-electron chi connectivity index (χ1n) is 8.39. The quantitative estimate of drug-likeness (QED) is 0.698. The molecule has 25 heavy (non-hydrogen) atoms. The van der Waals surface area contributed by atoms with E-state index in [1.807, 2.05) is 27.6 Å². The highest BCUT2D eigenvalue weighted by Crippen LogP contribution is 2.29. The predicted octanol–water partition coefficient (Wildman–Crippen LogP) is 3.52. The van der Waals surface area contributed by atoms with E-state index in [0.717, 1.165) is 49.0 Å². The monoisotopic (exact) mass is 376 g/mol. The molecular formula is C17H18Cl2N6. The molecule has 0 radical (unpaired) electrons. The largest absolute Gasteiger partial charge is 0.250 e. The van der Waals surface area contributed by atoms with Crippen molar-refractivity contribution in [1.82, 2.24) is 29.5 Å². The van der Waals surface area contributed by atoms with Gasteiger partial charge in [-0.3, -0.25) is 4.68 Å². The van der Waals surface area contributed by atoms with Crippen molar-refractivity contribution in [1.29, 1.82) is 0 Å². The summed E-state index contributed by atoms with van der Waals surface area (Å²) in [6.45, 7) is 3.72. The Bertz CT molecular complexity index is 880. The Hall–Kier alpha value is -1.92. The Morgan fingerprint density at radius 2 is 2.04 bits per heavy atom. The topological polar surface area (TPSA) is 61.4 Å². The molecule has 1 aliphatic rings. The fourth-order valence-corrected chi connectivity index (χ4v) is 3.86. The maximum Gasteiger partial charge on any atom is 0.155 e. The fourth-order valence-electron chi connectivity index (χ4n) is 3.33. The van der Waals surface area contributed by atoms with Gasteiger partial charge in [0.05, 0.1) is 0 Å². The number of fused-ring (bicyclic) bond motifs is 1. The lowest BCUT2D eigenvalue weighted by Crippen LogP contribution is -2.22. The van der Waals surface area contributed by atoms with E-state index in [2.05, 4.69) is 22.1 Å². The highest BCUT2D eigenvalue weighted by atomic mass is 35.5. The van der Waals surface area contributed by atoms with Crippen LogP contribution < -0.4 is 0 Å². The molecule has 1 aliphatic heterocycles. The van der Waals surface area contributed by atoms with Crippen LogP contribution in [-0.4, -0.2) is 29.5 Å². The molecule has 0 spiro atoms. The van der Waals surface area contributed by atoms with Crippen molar-refractivity contribution < 1.29 is 0 Å². The first-order chi connectivity index (χ1) is 12.2. The molecule has 1 atom stereocenters. The molecule has 0 saturated carbocycles. The van der Waals surface area contributed by atoms with Crippen molar-refractivity contribution in [3.05, 3.63) is 57.6 Å². The van der Waals surface area contributed by atoms with Crippen molar-refractivity contribution in [2.45, 2.75) is 45.2 Å². The number of hydrogen-bond acceptors (Lipinski definition) is 4. The summed E-state index contributed by atoms with van der Waals surface area (Å²) >= 11 is 12.6. The van der Waals surface area contributed by atoms with Crippen molar-refractivity contribution in [3.8, 4) is 0 Å². The molecule has 1 aromatic carbocycles. The zero-order valence-electron chi connectivity index (χ0n) is 13.9. The van der Waals surface area contributed by atoms with Gasteiger partial charge >= 0.3 is 0 Å². The van der Waals surface area contributed by atoms with E-state index in [-0.39, 0.29) is 0 Å². The van der Waals surface area contributed by atoms with Crippen molar-refractivity contribution in [2.24, 2.45) is 0 Å². The smallest absolute Gasteiger partial charge is 0.155 e. The van der Waals surface area contributed by atoms with Crippen molar-refractivity contribution >= 4 is 23.2 Å². The van der Waals surface area contributed by atoms with Crippen LogP contribution in [-0.2, 0) is 25.9 Å². The van der Waals surface area contributed by atoms with Crippen LogP contribution in [0.3, 0.4) is 0 Å². The summed E-state index contributed by atoms with van der Waals surface area (Å²) in [4.78, 5) is 9.16. The molecule has 1 unspecified atom stereocenters. The second kappa shape index (κ2) is 6.77. The zero-order valence-corrected chi connectivity index (χ0v) is 15.4. The molecule has 0 bridgehead atoms. The second-order valence-corrected chi connectivity index (χ2v) is 6.98. The minimum atomic E-state index is 0.305. The summed E-state index contributed by atoms with van der Waals surface area (Å²) in [6.07, 6.45) is 3.97. The molecule has 130 valence electrons. The number of nitrogens with zero attached hydrogens (tertiary/aromatic N) is 6. The van der Waals surface area contributed by atoms with E-state index in [9.17, 15) is 0 Å². The van der Waals surface area contributed by atoms with E-state index in [4.69, 9.17) is 28.2 Å². The van der Waals surface area contributed by atoms with Crippen LogP contribution in [0.5, 0.6) is 0 Å². The van der Waals surface area contributed by atoms with Crippen LogP contribution in [0.15, 0.2) is 24.5 Å². The van der Waals surface area contributed by atoms with Gasteiger partial charge in [0.25, 0.3) is 0 Å². The van der Waals surface area contributed by atoms with Gasteiger partial charge in [-0.05, 0) is 31.0 Å². The van der Waals surface area contributed by atoms with Crippen molar-refractivity contribution in [3.63, 3.8) is 0 Å². The Kier molecular flexibility index (Phi) is 4.48. The number of halogens is 2. The minimum absolute atomic E-state index is 0.305. The maximum absolute atomic E-state index is 6.29. The molecule has 0 N–H and O–H groups in total. The summed E-state index contributed by atoms with van der Waals surface area (Å²) in [7, 11) is 0. The highest BCUT2D eigenvalue weighted by Gasteiger charge is 2.26. The molecule has 0 aliphatic carbocycles. The molecule has 6 nitrogen and oxygen atoms in total. The minimum Gasteiger partial charge on any atom is -0.250 e. The van der Waals surface area contributed by atoms with Gasteiger partial charge in [0.1, 0.15) is 18.0 Å². The summed E-state index contributed by atoms with van der Waals surface area (Å²) in [5.74, 6) is 3.08. The number of aromatic nitrogens is 6. The summed E-state index contributed by atoms with van der Waals surface area (Å²) in [6, 6.07) is 5.53. The third-order valence-electron chi connectivity index (χ3n) is 4.62. The molecule has 0 saturated heterocycles. The van der Waals surface area contributed by atoms with E-state index in [1.165, 1.54) is 0 Å². The van der Waals surface area contributed by atoms with Gasteiger partial charge in [-0.1, -0.05) is 29.3 Å². The summed E-state index contributed by atoms with van der Waals surface area (Å²) < 4.78 is 3.95. The molecule has 4 rings (SSSR count). The molecule has 8 heteroatoms. The third kappa shape index (κ3) is 3.16. The van der Waals surface area contributed by atoms with Crippen molar-refractivity contribution in [2.75, 3.05) is 0 Å². The number of aryl methyl sites for hydroxylation is 2. The van der Waals surface area contributed by atoms with E-state index >= 15 is 0 Å². The van der Waals surface area contributed by atoms with Gasteiger partial charge < -0.3 is 0 Å². The predicted molar refractivity (Wildman–Crippen MR) is 96.0 cm³/mol. The highest BCUT2D eigenvalue weighted by molar-refractivity contribution is 6.36. The molecule has 0 fully saturated rings. The Morgan fingerprint density at radius 1 is 1.24 bits per heavy atom. The van der Waals surface area contributed by atoms with Crippen LogP contribution in [0.4, 0.5) is 0 Å². The van der Waals surface area contributed by atoms with Crippen LogP contribution >= 0.6 is 23.2 Å². The fraction of sp³-hybridized carbons (Fsp3) is 0.412. The van der Waals surface area contributed by atoms with Gasteiger partial charge in [0.2, 0.25) is 0 Å². The van der Waals surface area contributed by atoms with E-state index in [0.29, 0.717) is 22.4 Å². The van der Waals surface area contributed by atoms with Crippen LogP contribution in [0.1, 0.15) is 42.3 Å².